The Labute approximate surface area is 213 Å². The highest BCUT2D eigenvalue weighted by Gasteiger charge is 2.33. The van der Waals surface area contributed by atoms with Crippen LogP contribution in [-0.2, 0) is 4.79 Å². The normalized spacial score (nSPS) is 16.5. The molecule has 190 valence electrons. The molecule has 2 N–H and O–H groups in total. The standard InChI is InChI=1S/C28H27F2N5O2/c1-4-23(36)35-11-10-19(14-35)16(2)25-24(28(31)34-15-33-25)26(32-3)21-9-8-18(13-22(21)30)27(37)17-6-5-7-20(29)12-17/h4-9,12-13,15-16,19H,1,10-11,14H2,2-3H3,(H2,31,33,34)/b32-26-. The van der Waals surface area contributed by atoms with Crippen LogP contribution in [0.3, 0.4) is 0 Å². The number of ketones is 1. The van der Waals surface area contributed by atoms with E-state index in [0.29, 0.717) is 24.3 Å². The third-order valence-corrected chi connectivity index (χ3v) is 6.79. The number of halogens is 2. The molecule has 37 heavy (non-hydrogen) atoms. The monoisotopic (exact) mass is 503 g/mol. The van der Waals surface area contributed by atoms with Gasteiger partial charge in [0.2, 0.25) is 5.91 Å². The van der Waals surface area contributed by atoms with Gasteiger partial charge < -0.3 is 10.6 Å². The Bertz CT molecular complexity index is 1410. The third-order valence-electron chi connectivity index (χ3n) is 6.79. The maximum atomic E-state index is 15.4. The Morgan fingerprint density at radius 1 is 1.19 bits per heavy atom. The first-order valence-corrected chi connectivity index (χ1v) is 11.8. The van der Waals surface area contributed by atoms with Crippen molar-refractivity contribution in [3.05, 3.63) is 101 Å². The van der Waals surface area contributed by atoms with Crippen LogP contribution in [0.15, 0.2) is 66.4 Å². The summed E-state index contributed by atoms with van der Waals surface area (Å²) in [6, 6.07) is 9.25. The average Bonchev–Trinajstić information content (AvgIpc) is 3.40. The Hall–Kier alpha value is -4.27. The van der Waals surface area contributed by atoms with Gasteiger partial charge in [0.05, 0.1) is 17.0 Å². The molecule has 1 saturated heterocycles. The number of aliphatic imine (C=N–C) groups is 1. The van der Waals surface area contributed by atoms with Gasteiger partial charge >= 0.3 is 0 Å². The van der Waals surface area contributed by atoms with Crippen LogP contribution in [0, 0.1) is 17.6 Å². The van der Waals surface area contributed by atoms with Gasteiger partial charge in [0.15, 0.2) is 5.78 Å². The molecule has 0 bridgehead atoms. The second-order valence-electron chi connectivity index (χ2n) is 8.95. The molecule has 1 aliphatic heterocycles. The second kappa shape index (κ2) is 10.8. The van der Waals surface area contributed by atoms with Crippen LogP contribution < -0.4 is 5.73 Å². The smallest absolute Gasteiger partial charge is 0.245 e. The number of anilines is 1. The molecule has 0 aliphatic carbocycles. The number of nitrogen functional groups attached to an aromatic ring is 1. The largest absolute Gasteiger partial charge is 0.383 e. The number of hydrogen-bond acceptors (Lipinski definition) is 6. The van der Waals surface area contributed by atoms with Gasteiger partial charge in [-0.3, -0.25) is 14.6 Å². The predicted molar refractivity (Wildman–Crippen MR) is 138 cm³/mol. The van der Waals surface area contributed by atoms with Gasteiger partial charge in [0, 0.05) is 42.7 Å². The van der Waals surface area contributed by atoms with Crippen LogP contribution >= 0.6 is 0 Å². The topological polar surface area (TPSA) is 102 Å². The van der Waals surface area contributed by atoms with Crippen molar-refractivity contribution in [3.8, 4) is 0 Å². The third kappa shape index (κ3) is 5.16. The number of aromatic nitrogens is 2. The fraction of sp³-hybridized carbons (Fsp3) is 0.250. The molecule has 2 unspecified atom stereocenters. The molecule has 9 heteroatoms. The van der Waals surface area contributed by atoms with E-state index in [0.717, 1.165) is 18.6 Å². The number of rotatable bonds is 7. The first kappa shape index (κ1) is 25.8. The van der Waals surface area contributed by atoms with E-state index in [1.807, 2.05) is 6.92 Å². The first-order valence-electron chi connectivity index (χ1n) is 11.8. The van der Waals surface area contributed by atoms with E-state index >= 15 is 4.39 Å². The second-order valence-corrected chi connectivity index (χ2v) is 8.95. The number of benzene rings is 2. The highest BCUT2D eigenvalue weighted by molar-refractivity contribution is 6.17. The number of likely N-dealkylation sites (tertiary alicyclic amines) is 1. The summed E-state index contributed by atoms with van der Waals surface area (Å²) in [5, 5.41) is 0. The van der Waals surface area contributed by atoms with Gasteiger partial charge in [-0.25, -0.2) is 18.7 Å². The molecule has 1 amide bonds. The summed E-state index contributed by atoms with van der Waals surface area (Å²) in [7, 11) is 1.52. The summed E-state index contributed by atoms with van der Waals surface area (Å²) in [6.07, 6.45) is 3.43. The fourth-order valence-corrected chi connectivity index (χ4v) is 4.76. The van der Waals surface area contributed by atoms with Crippen LogP contribution in [0.25, 0.3) is 0 Å². The Balaban J connectivity index is 1.68. The van der Waals surface area contributed by atoms with Crippen molar-refractivity contribution >= 4 is 23.2 Å². The lowest BCUT2D eigenvalue weighted by molar-refractivity contribution is -0.125. The Morgan fingerprint density at radius 3 is 2.62 bits per heavy atom. The van der Waals surface area contributed by atoms with Crippen molar-refractivity contribution in [1.29, 1.82) is 0 Å². The molecule has 3 aromatic rings. The van der Waals surface area contributed by atoms with E-state index in [4.69, 9.17) is 5.73 Å². The van der Waals surface area contributed by atoms with Gasteiger partial charge in [-0.1, -0.05) is 31.7 Å². The van der Waals surface area contributed by atoms with Crippen molar-refractivity contribution in [1.82, 2.24) is 14.9 Å². The molecule has 2 atom stereocenters. The van der Waals surface area contributed by atoms with E-state index in [2.05, 4.69) is 21.5 Å². The molecule has 1 aromatic heterocycles. The number of carbonyl (C=O) groups excluding carboxylic acids is 2. The lowest BCUT2D eigenvalue weighted by atomic mass is 9.85. The molecule has 2 heterocycles. The molecule has 0 saturated carbocycles. The van der Waals surface area contributed by atoms with Gasteiger partial charge in [0.1, 0.15) is 23.8 Å². The van der Waals surface area contributed by atoms with E-state index in [9.17, 15) is 14.0 Å². The molecular weight excluding hydrogens is 476 g/mol. The maximum Gasteiger partial charge on any atom is 0.245 e. The Kier molecular flexibility index (Phi) is 7.52. The summed E-state index contributed by atoms with van der Waals surface area (Å²) in [4.78, 5) is 39.5. The minimum atomic E-state index is -0.687. The number of carbonyl (C=O) groups is 2. The van der Waals surface area contributed by atoms with Gasteiger partial charge in [-0.05, 0) is 42.7 Å². The van der Waals surface area contributed by atoms with Gasteiger partial charge in [-0.15, -0.1) is 0 Å². The van der Waals surface area contributed by atoms with E-state index in [1.54, 1.807) is 4.90 Å². The van der Waals surface area contributed by atoms with Crippen molar-refractivity contribution in [2.75, 3.05) is 25.9 Å². The molecule has 2 aromatic carbocycles. The van der Waals surface area contributed by atoms with Crippen LogP contribution in [0.2, 0.25) is 0 Å². The molecule has 1 aliphatic rings. The zero-order valence-corrected chi connectivity index (χ0v) is 20.6. The van der Waals surface area contributed by atoms with Crippen LogP contribution in [0.5, 0.6) is 0 Å². The highest BCUT2D eigenvalue weighted by Crippen LogP contribution is 2.35. The first-order chi connectivity index (χ1) is 17.7. The fourth-order valence-electron chi connectivity index (χ4n) is 4.76. The number of nitrogens with two attached hydrogens (primary N) is 1. The van der Waals surface area contributed by atoms with Crippen LogP contribution in [0.1, 0.15) is 52.0 Å². The zero-order valence-electron chi connectivity index (χ0n) is 20.6. The summed E-state index contributed by atoms with van der Waals surface area (Å²) in [5.74, 6) is -1.74. The molecule has 4 rings (SSSR count). The SMILES string of the molecule is C=CC(=O)N1CCC(C(C)c2ncnc(N)c2/C(=N\C)c2ccc(C(=O)c3cccc(F)c3)cc2F)C1. The molecule has 0 spiro atoms. The van der Waals surface area contributed by atoms with Crippen molar-refractivity contribution in [3.63, 3.8) is 0 Å². The lowest BCUT2D eigenvalue weighted by Crippen LogP contribution is -2.28. The number of amides is 1. The predicted octanol–water partition coefficient (Wildman–Crippen LogP) is 4.17. The summed E-state index contributed by atoms with van der Waals surface area (Å²) in [6.45, 7) is 6.70. The van der Waals surface area contributed by atoms with E-state index in [1.165, 1.54) is 49.8 Å². The van der Waals surface area contributed by atoms with Crippen LogP contribution in [0.4, 0.5) is 14.6 Å². The van der Waals surface area contributed by atoms with E-state index in [-0.39, 0.29) is 46.0 Å². The summed E-state index contributed by atoms with van der Waals surface area (Å²) in [5.41, 5.74) is 7.85. The molecular formula is C28H27F2N5O2. The van der Waals surface area contributed by atoms with Gasteiger partial charge in [-0.2, -0.15) is 0 Å². The Morgan fingerprint density at radius 2 is 1.95 bits per heavy atom. The zero-order chi connectivity index (χ0) is 26.7. The highest BCUT2D eigenvalue weighted by atomic mass is 19.1. The molecule has 1 fully saturated rings. The van der Waals surface area contributed by atoms with Crippen molar-refractivity contribution < 1.29 is 18.4 Å². The van der Waals surface area contributed by atoms with Gasteiger partial charge in [0.25, 0.3) is 0 Å². The lowest BCUT2D eigenvalue weighted by Gasteiger charge is -2.23. The maximum absolute atomic E-state index is 15.4. The average molecular weight is 504 g/mol. The molecule has 7 nitrogen and oxygen atoms in total. The minimum Gasteiger partial charge on any atom is -0.383 e. The summed E-state index contributed by atoms with van der Waals surface area (Å²) >= 11 is 0. The van der Waals surface area contributed by atoms with E-state index < -0.39 is 17.4 Å². The molecule has 0 radical (unpaired) electrons. The quantitative estimate of drug-likeness (QED) is 0.296. The van der Waals surface area contributed by atoms with Crippen LogP contribution in [-0.4, -0.2) is 52.4 Å². The van der Waals surface area contributed by atoms with Crippen molar-refractivity contribution in [2.24, 2.45) is 10.9 Å². The summed E-state index contributed by atoms with van der Waals surface area (Å²) < 4.78 is 29.0. The number of nitrogens with zero attached hydrogens (tertiary/aromatic N) is 4. The number of hydrogen-bond donors (Lipinski definition) is 1. The minimum absolute atomic E-state index is 0.0751. The van der Waals surface area contributed by atoms with Crippen molar-refractivity contribution in [2.45, 2.75) is 19.3 Å².